The van der Waals surface area contributed by atoms with Crippen LogP contribution in [-0.2, 0) is 13.7 Å². The first-order valence-corrected chi connectivity index (χ1v) is 4.85. The molecular weight excluding hydrogens is 214 g/mol. The molecule has 0 aliphatic heterocycles. The van der Waals surface area contributed by atoms with Gasteiger partial charge in [0.05, 0.1) is 6.20 Å². The Morgan fingerprint density at radius 2 is 2.07 bits per heavy atom. The van der Waals surface area contributed by atoms with E-state index in [0.717, 1.165) is 11.4 Å². The molecule has 0 fully saturated rings. The fourth-order valence-corrected chi connectivity index (χ4v) is 1.28. The minimum Gasteiger partial charge on any atom is -0.487 e. The first-order valence-electron chi connectivity index (χ1n) is 4.47. The lowest BCUT2D eigenvalue weighted by Crippen LogP contribution is -1.95. The number of benzene rings is 1. The van der Waals surface area contributed by atoms with Crippen molar-refractivity contribution in [2.75, 3.05) is 0 Å². The van der Waals surface area contributed by atoms with E-state index in [1.807, 2.05) is 25.4 Å². The number of ether oxygens (including phenoxy) is 1. The Labute approximate surface area is 92.4 Å². The molecule has 0 saturated heterocycles. The second-order valence-electron chi connectivity index (χ2n) is 3.13. The zero-order valence-corrected chi connectivity index (χ0v) is 8.98. The van der Waals surface area contributed by atoms with E-state index in [2.05, 4.69) is 10.3 Å². The maximum Gasteiger partial charge on any atom is 0.134 e. The molecule has 0 radical (unpaired) electrons. The third-order valence-electron chi connectivity index (χ3n) is 1.85. The number of hydrogen-bond acceptors (Lipinski definition) is 3. The van der Waals surface area contributed by atoms with Gasteiger partial charge >= 0.3 is 0 Å². The minimum atomic E-state index is 0.412. The molecule has 0 saturated carbocycles. The van der Waals surface area contributed by atoms with Crippen LogP contribution >= 0.6 is 11.6 Å². The lowest BCUT2D eigenvalue weighted by Gasteiger charge is -2.02. The molecule has 0 amide bonds. The van der Waals surface area contributed by atoms with Crippen LogP contribution in [0.5, 0.6) is 5.75 Å². The third-order valence-corrected chi connectivity index (χ3v) is 2.10. The lowest BCUT2D eigenvalue weighted by atomic mass is 10.3. The van der Waals surface area contributed by atoms with Crippen molar-refractivity contribution in [1.82, 2.24) is 15.0 Å². The van der Waals surface area contributed by atoms with Crippen LogP contribution < -0.4 is 4.74 Å². The highest BCUT2D eigenvalue weighted by atomic mass is 35.5. The van der Waals surface area contributed by atoms with Crippen LogP contribution in [0.2, 0.25) is 5.02 Å². The molecule has 0 spiro atoms. The Kier molecular flexibility index (Phi) is 2.87. The molecule has 0 atom stereocenters. The highest BCUT2D eigenvalue weighted by Crippen LogP contribution is 2.16. The summed E-state index contributed by atoms with van der Waals surface area (Å²) in [4.78, 5) is 0. The topological polar surface area (TPSA) is 39.9 Å². The van der Waals surface area contributed by atoms with Crippen molar-refractivity contribution in [2.45, 2.75) is 6.61 Å². The van der Waals surface area contributed by atoms with Crippen molar-refractivity contribution < 1.29 is 4.74 Å². The number of aromatic nitrogens is 3. The van der Waals surface area contributed by atoms with Crippen LogP contribution in [0.4, 0.5) is 0 Å². The molecule has 4 nitrogen and oxygen atoms in total. The standard InChI is InChI=1S/C10H10ClN3O/c1-14-6-9(12-13-14)7-15-10-4-2-8(11)3-5-10/h2-6H,7H2,1H3. The van der Waals surface area contributed by atoms with E-state index >= 15 is 0 Å². The van der Waals surface area contributed by atoms with Crippen molar-refractivity contribution in [2.24, 2.45) is 7.05 Å². The van der Waals surface area contributed by atoms with E-state index in [1.54, 1.807) is 16.8 Å². The smallest absolute Gasteiger partial charge is 0.134 e. The first-order chi connectivity index (χ1) is 7.24. The van der Waals surface area contributed by atoms with Gasteiger partial charge in [0, 0.05) is 12.1 Å². The molecule has 0 unspecified atom stereocenters. The summed E-state index contributed by atoms with van der Waals surface area (Å²) in [7, 11) is 1.82. The molecule has 0 bridgehead atoms. The zero-order chi connectivity index (χ0) is 10.7. The van der Waals surface area contributed by atoms with Crippen LogP contribution in [0.1, 0.15) is 5.69 Å². The summed E-state index contributed by atoms with van der Waals surface area (Å²) >= 11 is 5.75. The number of rotatable bonds is 3. The Bertz CT molecular complexity index is 438. The van der Waals surface area contributed by atoms with Gasteiger partial charge in [0.2, 0.25) is 0 Å². The van der Waals surface area contributed by atoms with Gasteiger partial charge < -0.3 is 4.74 Å². The third kappa shape index (κ3) is 2.70. The highest BCUT2D eigenvalue weighted by Gasteiger charge is 1.99. The molecule has 1 aromatic heterocycles. The molecule has 1 aromatic carbocycles. The molecule has 5 heteroatoms. The van der Waals surface area contributed by atoms with Gasteiger partial charge in [0.25, 0.3) is 0 Å². The molecule has 15 heavy (non-hydrogen) atoms. The predicted octanol–water partition coefficient (Wildman–Crippen LogP) is 2.05. The van der Waals surface area contributed by atoms with Crippen LogP contribution in [-0.4, -0.2) is 15.0 Å². The fourth-order valence-electron chi connectivity index (χ4n) is 1.15. The van der Waals surface area contributed by atoms with Crippen molar-refractivity contribution in [1.29, 1.82) is 0 Å². The second kappa shape index (κ2) is 4.31. The molecule has 1 heterocycles. The SMILES string of the molecule is Cn1cc(COc2ccc(Cl)cc2)nn1. The highest BCUT2D eigenvalue weighted by molar-refractivity contribution is 6.30. The Morgan fingerprint density at radius 3 is 2.67 bits per heavy atom. The Morgan fingerprint density at radius 1 is 1.33 bits per heavy atom. The van der Waals surface area contributed by atoms with Gasteiger partial charge in [-0.05, 0) is 24.3 Å². The van der Waals surface area contributed by atoms with Gasteiger partial charge in [-0.1, -0.05) is 16.8 Å². The van der Waals surface area contributed by atoms with Crippen molar-refractivity contribution in [3.63, 3.8) is 0 Å². The molecule has 2 rings (SSSR count). The van der Waals surface area contributed by atoms with E-state index in [0.29, 0.717) is 11.6 Å². The van der Waals surface area contributed by atoms with Crippen molar-refractivity contribution in [3.8, 4) is 5.75 Å². The first kappa shape index (κ1) is 9.98. The predicted molar refractivity (Wildman–Crippen MR) is 56.8 cm³/mol. The summed E-state index contributed by atoms with van der Waals surface area (Å²) in [6.45, 7) is 0.412. The number of nitrogens with zero attached hydrogens (tertiary/aromatic N) is 3. The van der Waals surface area contributed by atoms with E-state index in [4.69, 9.17) is 16.3 Å². The number of hydrogen-bond donors (Lipinski definition) is 0. The van der Waals surface area contributed by atoms with Gasteiger partial charge in [0.15, 0.2) is 0 Å². The Balaban J connectivity index is 1.96. The molecule has 0 aliphatic rings. The van der Waals surface area contributed by atoms with Gasteiger partial charge in [-0.3, -0.25) is 4.68 Å². The quantitative estimate of drug-likeness (QED) is 0.800. The summed E-state index contributed by atoms with van der Waals surface area (Å²) in [5.41, 5.74) is 0.799. The van der Waals surface area contributed by atoms with Crippen LogP contribution in [0.15, 0.2) is 30.5 Å². The van der Waals surface area contributed by atoms with Crippen LogP contribution in [0.25, 0.3) is 0 Å². The van der Waals surface area contributed by atoms with Gasteiger partial charge in [0.1, 0.15) is 18.1 Å². The largest absolute Gasteiger partial charge is 0.487 e. The average molecular weight is 224 g/mol. The van der Waals surface area contributed by atoms with Crippen LogP contribution in [0.3, 0.4) is 0 Å². The fraction of sp³-hybridized carbons (Fsp3) is 0.200. The van der Waals surface area contributed by atoms with Gasteiger partial charge in [-0.15, -0.1) is 5.10 Å². The van der Waals surface area contributed by atoms with E-state index in [9.17, 15) is 0 Å². The van der Waals surface area contributed by atoms with E-state index in [1.165, 1.54) is 0 Å². The number of halogens is 1. The number of aryl methyl sites for hydroxylation is 1. The monoisotopic (exact) mass is 223 g/mol. The van der Waals surface area contributed by atoms with Gasteiger partial charge in [-0.25, -0.2) is 0 Å². The second-order valence-corrected chi connectivity index (χ2v) is 3.56. The average Bonchev–Trinajstić information content (AvgIpc) is 2.64. The molecular formula is C10H10ClN3O. The molecule has 78 valence electrons. The van der Waals surface area contributed by atoms with Crippen molar-refractivity contribution in [3.05, 3.63) is 41.2 Å². The molecule has 2 aromatic rings. The lowest BCUT2D eigenvalue weighted by molar-refractivity contribution is 0.301. The van der Waals surface area contributed by atoms with Crippen molar-refractivity contribution >= 4 is 11.6 Å². The maximum absolute atomic E-state index is 5.75. The molecule has 0 aliphatic carbocycles. The summed E-state index contributed by atoms with van der Waals surface area (Å²) in [6, 6.07) is 7.21. The van der Waals surface area contributed by atoms with E-state index in [-0.39, 0.29) is 0 Å². The Hall–Kier alpha value is -1.55. The summed E-state index contributed by atoms with van der Waals surface area (Å²) in [6.07, 6.45) is 1.82. The van der Waals surface area contributed by atoms with Gasteiger partial charge in [-0.2, -0.15) is 0 Å². The summed E-state index contributed by atoms with van der Waals surface area (Å²) in [5, 5.41) is 8.42. The molecule has 0 N–H and O–H groups in total. The van der Waals surface area contributed by atoms with E-state index < -0.39 is 0 Å². The summed E-state index contributed by atoms with van der Waals surface area (Å²) in [5.74, 6) is 0.769. The zero-order valence-electron chi connectivity index (χ0n) is 8.22. The van der Waals surface area contributed by atoms with Crippen LogP contribution in [0, 0.1) is 0 Å². The minimum absolute atomic E-state index is 0.412. The summed E-state index contributed by atoms with van der Waals surface area (Å²) < 4.78 is 7.13. The maximum atomic E-state index is 5.75. The normalized spacial score (nSPS) is 10.3.